The van der Waals surface area contributed by atoms with Crippen molar-refractivity contribution in [1.29, 1.82) is 0 Å². The molecule has 4 nitrogen and oxygen atoms in total. The minimum atomic E-state index is -0.420. The van der Waals surface area contributed by atoms with Crippen LogP contribution in [0, 0.1) is 0 Å². The van der Waals surface area contributed by atoms with Crippen molar-refractivity contribution < 1.29 is 15.0 Å². The van der Waals surface area contributed by atoms with Crippen LogP contribution in [0.2, 0.25) is 0 Å². The van der Waals surface area contributed by atoms with E-state index in [9.17, 15) is 15.0 Å². The van der Waals surface area contributed by atoms with Crippen LogP contribution in [0.3, 0.4) is 0 Å². The van der Waals surface area contributed by atoms with Gasteiger partial charge in [0.1, 0.15) is 11.5 Å². The van der Waals surface area contributed by atoms with Crippen molar-refractivity contribution >= 4 is 11.5 Å². The fourth-order valence-corrected chi connectivity index (χ4v) is 1.55. The Morgan fingerprint density at radius 2 is 1.71 bits per heavy atom. The molecule has 0 unspecified atom stereocenters. The Morgan fingerprint density at radius 1 is 1.00 bits per heavy atom. The zero-order chi connectivity index (χ0) is 12.4. The summed E-state index contributed by atoms with van der Waals surface area (Å²) >= 11 is 0. The predicted molar refractivity (Wildman–Crippen MR) is 64.1 cm³/mol. The molecule has 17 heavy (non-hydrogen) atoms. The smallest absolute Gasteiger partial charge is 0.198 e. The van der Waals surface area contributed by atoms with Gasteiger partial charge in [0.25, 0.3) is 0 Å². The van der Waals surface area contributed by atoms with Gasteiger partial charge in [-0.05, 0) is 30.3 Å². The average Bonchev–Trinajstić information content (AvgIpc) is 2.32. The Kier molecular flexibility index (Phi) is 2.70. The normalized spacial score (nSPS) is 10.1. The Balaban J connectivity index is 2.51. The first kappa shape index (κ1) is 11.0. The number of phenolic OH excluding ortho intramolecular Hbond substituents is 2. The highest BCUT2D eigenvalue weighted by molar-refractivity contribution is 6.13. The van der Waals surface area contributed by atoms with E-state index in [0.717, 1.165) is 0 Å². The van der Waals surface area contributed by atoms with Crippen LogP contribution in [0.5, 0.6) is 11.5 Å². The number of rotatable bonds is 2. The summed E-state index contributed by atoms with van der Waals surface area (Å²) in [7, 11) is 0. The van der Waals surface area contributed by atoms with Crippen molar-refractivity contribution in [2.24, 2.45) is 0 Å². The summed E-state index contributed by atoms with van der Waals surface area (Å²) in [4.78, 5) is 12.1. The van der Waals surface area contributed by atoms with Gasteiger partial charge in [-0.1, -0.05) is 12.1 Å². The number of anilines is 1. The summed E-state index contributed by atoms with van der Waals surface area (Å²) in [5.41, 5.74) is 6.35. The second-order valence-electron chi connectivity index (χ2n) is 3.62. The molecule has 2 aromatic rings. The number of phenols is 2. The molecule has 0 bridgehead atoms. The molecule has 0 aliphatic heterocycles. The van der Waals surface area contributed by atoms with Gasteiger partial charge >= 0.3 is 0 Å². The maximum atomic E-state index is 12.1. The lowest BCUT2D eigenvalue weighted by molar-refractivity contribution is 0.103. The number of para-hydroxylation sites is 1. The highest BCUT2D eigenvalue weighted by Gasteiger charge is 2.16. The molecule has 0 aromatic heterocycles. The Morgan fingerprint density at radius 3 is 2.41 bits per heavy atom. The molecular formula is C13H11NO3. The summed E-state index contributed by atoms with van der Waals surface area (Å²) in [6.45, 7) is 0. The molecule has 4 N–H and O–H groups in total. The van der Waals surface area contributed by atoms with Gasteiger partial charge < -0.3 is 15.9 Å². The quantitative estimate of drug-likeness (QED) is 0.417. The average molecular weight is 229 g/mol. The number of aromatic hydroxyl groups is 2. The van der Waals surface area contributed by atoms with Crippen LogP contribution in [-0.4, -0.2) is 16.0 Å². The highest BCUT2D eigenvalue weighted by Crippen LogP contribution is 2.26. The minimum Gasteiger partial charge on any atom is -0.508 e. The third-order valence-corrected chi connectivity index (χ3v) is 2.43. The molecule has 2 rings (SSSR count). The van der Waals surface area contributed by atoms with Gasteiger partial charge in [0.15, 0.2) is 5.78 Å². The monoisotopic (exact) mass is 229 g/mol. The predicted octanol–water partition coefficient (Wildman–Crippen LogP) is 1.91. The van der Waals surface area contributed by atoms with E-state index in [-0.39, 0.29) is 17.1 Å². The van der Waals surface area contributed by atoms with E-state index in [0.29, 0.717) is 11.3 Å². The van der Waals surface area contributed by atoms with Crippen LogP contribution in [0.1, 0.15) is 15.9 Å². The first-order valence-corrected chi connectivity index (χ1v) is 5.01. The Bertz CT molecular complexity index is 579. The van der Waals surface area contributed by atoms with Crippen molar-refractivity contribution in [3.63, 3.8) is 0 Å². The van der Waals surface area contributed by atoms with Gasteiger partial charge in [0.2, 0.25) is 0 Å². The number of nitrogens with two attached hydrogens (primary N) is 1. The second-order valence-corrected chi connectivity index (χ2v) is 3.62. The molecule has 0 aliphatic carbocycles. The van der Waals surface area contributed by atoms with E-state index in [4.69, 9.17) is 5.73 Å². The summed E-state index contributed by atoms with van der Waals surface area (Å²) in [5.74, 6) is -0.687. The fraction of sp³-hybridized carbons (Fsp3) is 0. The molecule has 0 aliphatic rings. The van der Waals surface area contributed by atoms with E-state index < -0.39 is 5.78 Å². The zero-order valence-electron chi connectivity index (χ0n) is 8.92. The lowest BCUT2D eigenvalue weighted by atomic mass is 10.0. The summed E-state index contributed by atoms with van der Waals surface area (Å²) < 4.78 is 0. The lowest BCUT2D eigenvalue weighted by Gasteiger charge is -2.06. The Hall–Kier alpha value is -2.49. The Labute approximate surface area is 97.9 Å². The molecule has 0 saturated carbocycles. The van der Waals surface area contributed by atoms with E-state index >= 15 is 0 Å². The van der Waals surface area contributed by atoms with Crippen molar-refractivity contribution in [3.05, 3.63) is 53.6 Å². The van der Waals surface area contributed by atoms with Gasteiger partial charge in [-0.3, -0.25) is 4.79 Å². The third kappa shape index (κ3) is 2.06. The van der Waals surface area contributed by atoms with Gasteiger partial charge in [-0.25, -0.2) is 0 Å². The molecule has 0 amide bonds. The minimum absolute atomic E-state index is 0.0305. The number of nitrogen functional groups attached to an aromatic ring is 1. The van der Waals surface area contributed by atoms with Crippen molar-refractivity contribution in [3.8, 4) is 11.5 Å². The van der Waals surface area contributed by atoms with E-state index in [2.05, 4.69) is 0 Å². The van der Waals surface area contributed by atoms with Crippen molar-refractivity contribution in [1.82, 2.24) is 0 Å². The summed E-state index contributed by atoms with van der Waals surface area (Å²) in [5, 5.41) is 18.9. The highest BCUT2D eigenvalue weighted by atomic mass is 16.3. The standard InChI is InChI=1S/C13H11NO3/c14-11-4-2-1-3-9(11)13(17)10-7-8(15)5-6-12(10)16/h1-7,15-16H,14H2. The van der Waals surface area contributed by atoms with Gasteiger partial charge in [0, 0.05) is 11.3 Å². The number of carbonyl (C=O) groups is 1. The molecule has 0 radical (unpaired) electrons. The lowest BCUT2D eigenvalue weighted by Crippen LogP contribution is -2.05. The molecule has 0 atom stereocenters. The molecule has 2 aromatic carbocycles. The molecule has 0 fully saturated rings. The maximum Gasteiger partial charge on any atom is 0.198 e. The summed E-state index contributed by atoms with van der Waals surface area (Å²) in [6.07, 6.45) is 0. The van der Waals surface area contributed by atoms with Crippen LogP contribution >= 0.6 is 0 Å². The fourth-order valence-electron chi connectivity index (χ4n) is 1.55. The number of hydrogen-bond donors (Lipinski definition) is 3. The van der Waals surface area contributed by atoms with Crippen LogP contribution in [-0.2, 0) is 0 Å². The third-order valence-electron chi connectivity index (χ3n) is 2.43. The number of hydrogen-bond acceptors (Lipinski definition) is 4. The largest absolute Gasteiger partial charge is 0.508 e. The molecular weight excluding hydrogens is 218 g/mol. The van der Waals surface area contributed by atoms with Gasteiger partial charge in [0.05, 0.1) is 5.56 Å². The number of carbonyl (C=O) groups excluding carboxylic acids is 1. The van der Waals surface area contributed by atoms with Crippen LogP contribution < -0.4 is 5.73 Å². The van der Waals surface area contributed by atoms with E-state index in [1.165, 1.54) is 18.2 Å². The maximum absolute atomic E-state index is 12.1. The van der Waals surface area contributed by atoms with Crippen molar-refractivity contribution in [2.75, 3.05) is 5.73 Å². The molecule has 4 heteroatoms. The van der Waals surface area contributed by atoms with E-state index in [1.54, 1.807) is 24.3 Å². The topological polar surface area (TPSA) is 83.6 Å². The molecule has 0 heterocycles. The molecule has 0 spiro atoms. The van der Waals surface area contributed by atoms with Crippen LogP contribution in [0.25, 0.3) is 0 Å². The first-order chi connectivity index (χ1) is 8.09. The number of benzene rings is 2. The second kappa shape index (κ2) is 4.17. The summed E-state index contributed by atoms with van der Waals surface area (Å²) in [6, 6.07) is 10.4. The molecule has 86 valence electrons. The van der Waals surface area contributed by atoms with Gasteiger partial charge in [-0.2, -0.15) is 0 Å². The van der Waals surface area contributed by atoms with Gasteiger partial charge in [-0.15, -0.1) is 0 Å². The SMILES string of the molecule is Nc1ccccc1C(=O)c1cc(O)ccc1O. The van der Waals surface area contributed by atoms with Crippen LogP contribution in [0.4, 0.5) is 5.69 Å². The number of ketones is 1. The first-order valence-electron chi connectivity index (χ1n) is 5.01. The van der Waals surface area contributed by atoms with Crippen LogP contribution in [0.15, 0.2) is 42.5 Å². The zero-order valence-corrected chi connectivity index (χ0v) is 8.92. The van der Waals surface area contributed by atoms with E-state index in [1.807, 2.05) is 0 Å². The molecule has 0 saturated heterocycles. The van der Waals surface area contributed by atoms with Crippen molar-refractivity contribution in [2.45, 2.75) is 0 Å².